The lowest BCUT2D eigenvalue weighted by atomic mass is 9.91. The zero-order valence-electron chi connectivity index (χ0n) is 16.7. The molecule has 5 nitrogen and oxygen atoms in total. The zero-order chi connectivity index (χ0) is 20.4. The molecule has 1 aliphatic rings. The number of hydrogen-bond donors (Lipinski definition) is 2. The number of hydrogen-bond acceptors (Lipinski definition) is 3. The Hall–Kier alpha value is -2.63. The van der Waals surface area contributed by atoms with Crippen LogP contribution < -0.4 is 10.6 Å². The van der Waals surface area contributed by atoms with E-state index in [1.54, 1.807) is 12.3 Å². The van der Waals surface area contributed by atoms with Crippen molar-refractivity contribution < 1.29 is 4.79 Å². The highest BCUT2D eigenvalue weighted by Crippen LogP contribution is 2.31. The summed E-state index contributed by atoms with van der Waals surface area (Å²) in [5.41, 5.74) is 5.43. The van der Waals surface area contributed by atoms with Crippen LogP contribution in [0.15, 0.2) is 48.7 Å². The SMILES string of the molecule is Cc1ccc(-n2ncc(C(=O)Nc3ccc(C)c(Cl)c3)c2C2CCNCC2)cc1. The van der Waals surface area contributed by atoms with E-state index in [-0.39, 0.29) is 11.8 Å². The number of anilines is 1. The van der Waals surface area contributed by atoms with Crippen molar-refractivity contribution in [3.05, 3.63) is 76.1 Å². The Labute approximate surface area is 176 Å². The maximum atomic E-state index is 13.1. The quantitative estimate of drug-likeness (QED) is 0.648. The minimum Gasteiger partial charge on any atom is -0.322 e. The Morgan fingerprint density at radius 1 is 1.14 bits per heavy atom. The van der Waals surface area contributed by atoms with Crippen molar-refractivity contribution in [3.8, 4) is 5.69 Å². The fraction of sp³-hybridized carbons (Fsp3) is 0.304. The van der Waals surface area contributed by atoms with E-state index in [0.717, 1.165) is 42.9 Å². The maximum absolute atomic E-state index is 13.1. The van der Waals surface area contributed by atoms with E-state index in [4.69, 9.17) is 11.6 Å². The Balaban J connectivity index is 1.70. The number of halogens is 1. The van der Waals surface area contributed by atoms with Crippen molar-refractivity contribution in [2.45, 2.75) is 32.6 Å². The molecule has 2 aromatic carbocycles. The molecule has 0 saturated carbocycles. The van der Waals surface area contributed by atoms with E-state index in [2.05, 4.69) is 34.8 Å². The van der Waals surface area contributed by atoms with Crippen LogP contribution in [-0.2, 0) is 0 Å². The minimum absolute atomic E-state index is 0.156. The molecule has 3 aromatic rings. The normalized spacial score (nSPS) is 14.7. The van der Waals surface area contributed by atoms with E-state index < -0.39 is 0 Å². The van der Waals surface area contributed by atoms with Gasteiger partial charge in [-0.05, 0) is 69.6 Å². The standard InChI is InChI=1S/C23H25ClN4O/c1-15-3-7-19(8-4-15)28-22(17-9-11-25-12-10-17)20(14-26-28)23(29)27-18-6-5-16(2)21(24)13-18/h3-8,13-14,17,25H,9-12H2,1-2H3,(H,27,29). The third-order valence-corrected chi connectivity index (χ3v) is 5.89. The average molecular weight is 409 g/mol. The van der Waals surface area contributed by atoms with E-state index in [9.17, 15) is 4.79 Å². The van der Waals surface area contributed by atoms with Crippen LogP contribution in [0, 0.1) is 13.8 Å². The first-order chi connectivity index (χ1) is 14.0. The van der Waals surface area contributed by atoms with E-state index in [1.165, 1.54) is 5.56 Å². The van der Waals surface area contributed by atoms with Gasteiger partial charge in [-0.2, -0.15) is 5.10 Å². The summed E-state index contributed by atoms with van der Waals surface area (Å²) in [6, 6.07) is 13.8. The predicted octanol–water partition coefficient (Wildman–Crippen LogP) is 4.86. The summed E-state index contributed by atoms with van der Waals surface area (Å²) >= 11 is 6.22. The lowest BCUT2D eigenvalue weighted by molar-refractivity contribution is 0.102. The summed E-state index contributed by atoms with van der Waals surface area (Å²) < 4.78 is 1.92. The van der Waals surface area contributed by atoms with Gasteiger partial charge < -0.3 is 10.6 Å². The van der Waals surface area contributed by atoms with Crippen LogP contribution in [0.2, 0.25) is 5.02 Å². The molecule has 1 saturated heterocycles. The molecule has 1 amide bonds. The number of nitrogens with zero attached hydrogens (tertiary/aromatic N) is 2. The van der Waals surface area contributed by atoms with E-state index in [1.807, 2.05) is 35.9 Å². The third-order valence-electron chi connectivity index (χ3n) is 5.49. The van der Waals surface area contributed by atoms with Crippen LogP contribution in [0.5, 0.6) is 0 Å². The van der Waals surface area contributed by atoms with Gasteiger partial charge in [0, 0.05) is 16.6 Å². The van der Waals surface area contributed by atoms with Gasteiger partial charge in [0.1, 0.15) is 0 Å². The van der Waals surface area contributed by atoms with Crippen molar-refractivity contribution in [1.29, 1.82) is 0 Å². The van der Waals surface area contributed by atoms with Gasteiger partial charge in [0.15, 0.2) is 0 Å². The number of piperidine rings is 1. The maximum Gasteiger partial charge on any atom is 0.259 e. The molecule has 0 unspecified atom stereocenters. The van der Waals surface area contributed by atoms with Crippen molar-refractivity contribution in [2.24, 2.45) is 0 Å². The molecular weight excluding hydrogens is 384 g/mol. The lowest BCUT2D eigenvalue weighted by Crippen LogP contribution is -2.29. The molecule has 2 N–H and O–H groups in total. The molecule has 1 aromatic heterocycles. The largest absolute Gasteiger partial charge is 0.322 e. The van der Waals surface area contributed by atoms with Crippen LogP contribution in [0.3, 0.4) is 0 Å². The van der Waals surface area contributed by atoms with Crippen LogP contribution in [0.1, 0.15) is 45.9 Å². The molecule has 150 valence electrons. The molecule has 29 heavy (non-hydrogen) atoms. The number of aryl methyl sites for hydroxylation is 2. The average Bonchev–Trinajstić information content (AvgIpc) is 3.17. The molecular formula is C23H25ClN4O. The fourth-order valence-corrected chi connectivity index (χ4v) is 3.96. The smallest absolute Gasteiger partial charge is 0.259 e. The van der Waals surface area contributed by atoms with E-state index >= 15 is 0 Å². The summed E-state index contributed by atoms with van der Waals surface area (Å²) in [6.07, 6.45) is 3.64. The van der Waals surface area contributed by atoms with Gasteiger partial charge in [-0.1, -0.05) is 35.4 Å². The first-order valence-corrected chi connectivity index (χ1v) is 10.3. The van der Waals surface area contributed by atoms with Crippen LogP contribution in [0.25, 0.3) is 5.69 Å². The first kappa shape index (κ1) is 19.7. The number of rotatable bonds is 4. The van der Waals surface area contributed by atoms with E-state index in [0.29, 0.717) is 16.3 Å². The second kappa shape index (κ2) is 8.39. The minimum atomic E-state index is -0.156. The van der Waals surface area contributed by atoms with Gasteiger partial charge in [0.05, 0.1) is 23.1 Å². The van der Waals surface area contributed by atoms with Gasteiger partial charge >= 0.3 is 0 Å². The summed E-state index contributed by atoms with van der Waals surface area (Å²) in [5.74, 6) is 0.124. The monoisotopic (exact) mass is 408 g/mol. The summed E-state index contributed by atoms with van der Waals surface area (Å²) in [4.78, 5) is 13.1. The third kappa shape index (κ3) is 4.21. The Bertz CT molecular complexity index is 1020. The Kier molecular flexibility index (Phi) is 5.69. The highest BCUT2D eigenvalue weighted by molar-refractivity contribution is 6.31. The van der Waals surface area contributed by atoms with Crippen molar-refractivity contribution >= 4 is 23.2 Å². The summed E-state index contributed by atoms with van der Waals surface area (Å²) in [5, 5.41) is 11.6. The van der Waals surface area contributed by atoms with Gasteiger partial charge in [-0.25, -0.2) is 4.68 Å². The summed E-state index contributed by atoms with van der Waals surface area (Å²) in [6.45, 7) is 5.89. The molecule has 0 spiro atoms. The number of benzene rings is 2. The van der Waals surface area contributed by atoms with Gasteiger partial charge in [-0.3, -0.25) is 4.79 Å². The van der Waals surface area contributed by atoms with Crippen molar-refractivity contribution in [2.75, 3.05) is 18.4 Å². The van der Waals surface area contributed by atoms with Gasteiger partial charge in [-0.15, -0.1) is 0 Å². The number of amides is 1. The second-order valence-electron chi connectivity index (χ2n) is 7.63. The van der Waals surface area contributed by atoms with Gasteiger partial charge in [0.25, 0.3) is 5.91 Å². The molecule has 0 bridgehead atoms. The highest BCUT2D eigenvalue weighted by atomic mass is 35.5. The molecule has 0 radical (unpaired) electrons. The molecule has 1 fully saturated rings. The van der Waals surface area contributed by atoms with Crippen LogP contribution >= 0.6 is 11.6 Å². The molecule has 6 heteroatoms. The second-order valence-corrected chi connectivity index (χ2v) is 8.04. The predicted molar refractivity (Wildman–Crippen MR) is 117 cm³/mol. The number of aromatic nitrogens is 2. The molecule has 2 heterocycles. The lowest BCUT2D eigenvalue weighted by Gasteiger charge is -2.24. The Morgan fingerprint density at radius 2 is 1.86 bits per heavy atom. The number of carbonyl (C=O) groups excluding carboxylic acids is 1. The molecule has 0 atom stereocenters. The molecule has 0 aliphatic carbocycles. The number of nitrogens with one attached hydrogen (secondary N) is 2. The van der Waals surface area contributed by atoms with Crippen LogP contribution in [-0.4, -0.2) is 28.8 Å². The molecule has 1 aliphatic heterocycles. The summed E-state index contributed by atoms with van der Waals surface area (Å²) in [7, 11) is 0. The fourth-order valence-electron chi connectivity index (χ4n) is 3.78. The van der Waals surface area contributed by atoms with Crippen molar-refractivity contribution in [3.63, 3.8) is 0 Å². The molecule has 4 rings (SSSR count). The van der Waals surface area contributed by atoms with Gasteiger partial charge in [0.2, 0.25) is 0 Å². The topological polar surface area (TPSA) is 59.0 Å². The zero-order valence-corrected chi connectivity index (χ0v) is 17.5. The highest BCUT2D eigenvalue weighted by Gasteiger charge is 2.27. The van der Waals surface area contributed by atoms with Crippen LogP contribution in [0.4, 0.5) is 5.69 Å². The number of carbonyl (C=O) groups is 1. The Morgan fingerprint density at radius 3 is 2.55 bits per heavy atom. The van der Waals surface area contributed by atoms with Crippen molar-refractivity contribution in [1.82, 2.24) is 15.1 Å². The first-order valence-electron chi connectivity index (χ1n) is 9.96.